The molecule has 142 valence electrons. The first kappa shape index (κ1) is 17.2. The summed E-state index contributed by atoms with van der Waals surface area (Å²) in [5, 5.41) is 6.32. The van der Waals surface area contributed by atoms with Gasteiger partial charge in [0, 0.05) is 17.6 Å². The number of hydrogen-bond acceptors (Lipinski definition) is 4. The van der Waals surface area contributed by atoms with Gasteiger partial charge in [-0.25, -0.2) is 4.98 Å². The second-order valence-corrected chi connectivity index (χ2v) is 6.94. The molecule has 6 heteroatoms. The third-order valence-corrected chi connectivity index (χ3v) is 5.07. The number of amides is 1. The van der Waals surface area contributed by atoms with E-state index in [4.69, 9.17) is 4.98 Å². The number of carbonyl (C=O) groups is 1. The molecule has 29 heavy (non-hydrogen) atoms. The van der Waals surface area contributed by atoms with Crippen molar-refractivity contribution in [3.05, 3.63) is 96.0 Å². The van der Waals surface area contributed by atoms with Crippen LogP contribution in [0.2, 0.25) is 0 Å². The van der Waals surface area contributed by atoms with Crippen LogP contribution in [0.1, 0.15) is 18.7 Å². The van der Waals surface area contributed by atoms with E-state index in [-0.39, 0.29) is 11.9 Å². The van der Waals surface area contributed by atoms with Gasteiger partial charge in [-0.3, -0.25) is 14.3 Å². The van der Waals surface area contributed by atoms with Crippen molar-refractivity contribution in [2.45, 2.75) is 13.0 Å². The molecule has 3 heterocycles. The van der Waals surface area contributed by atoms with Crippen LogP contribution in [0, 0.1) is 0 Å². The van der Waals surface area contributed by atoms with Gasteiger partial charge in [-0.05, 0) is 43.3 Å². The van der Waals surface area contributed by atoms with Crippen LogP contribution in [0.25, 0.3) is 11.0 Å². The summed E-state index contributed by atoms with van der Waals surface area (Å²) in [5.74, 6) is 0.538. The highest BCUT2D eigenvalue weighted by atomic mass is 16.1. The number of imidazole rings is 1. The van der Waals surface area contributed by atoms with E-state index in [9.17, 15) is 4.79 Å². The maximum atomic E-state index is 13.4. The summed E-state index contributed by atoms with van der Waals surface area (Å²) in [5.41, 5.74) is 4.73. The highest BCUT2D eigenvalue weighted by Crippen LogP contribution is 2.38. The lowest BCUT2D eigenvalue weighted by molar-refractivity contribution is -0.113. The second-order valence-electron chi connectivity index (χ2n) is 6.94. The van der Waals surface area contributed by atoms with Gasteiger partial charge < -0.3 is 10.6 Å². The van der Waals surface area contributed by atoms with Gasteiger partial charge in [-0.15, -0.1) is 0 Å². The molecule has 0 saturated heterocycles. The lowest BCUT2D eigenvalue weighted by Crippen LogP contribution is -2.31. The molecule has 5 rings (SSSR count). The van der Waals surface area contributed by atoms with Crippen molar-refractivity contribution in [2.24, 2.45) is 0 Å². The summed E-state index contributed by atoms with van der Waals surface area (Å²) in [6.07, 6.45) is 1.75. The first-order valence-corrected chi connectivity index (χ1v) is 9.44. The van der Waals surface area contributed by atoms with Gasteiger partial charge in [0.05, 0.1) is 22.3 Å². The van der Waals surface area contributed by atoms with Crippen LogP contribution in [-0.4, -0.2) is 20.4 Å². The average Bonchev–Trinajstić information content (AvgIpc) is 3.12. The maximum Gasteiger partial charge on any atom is 0.255 e. The Labute approximate surface area is 167 Å². The summed E-state index contributed by atoms with van der Waals surface area (Å²) in [6, 6.07) is 22.7. The van der Waals surface area contributed by atoms with E-state index >= 15 is 0 Å². The zero-order valence-electron chi connectivity index (χ0n) is 15.8. The predicted octanol–water partition coefficient (Wildman–Crippen LogP) is 4.36. The summed E-state index contributed by atoms with van der Waals surface area (Å²) < 4.78 is 2.05. The van der Waals surface area contributed by atoms with Crippen LogP contribution < -0.4 is 10.6 Å². The number of benzene rings is 2. The lowest BCUT2D eigenvalue weighted by Gasteiger charge is -2.30. The van der Waals surface area contributed by atoms with Crippen molar-refractivity contribution >= 4 is 28.6 Å². The van der Waals surface area contributed by atoms with Crippen molar-refractivity contribution in [2.75, 3.05) is 10.6 Å². The van der Waals surface area contributed by atoms with E-state index in [2.05, 4.69) is 15.6 Å². The molecule has 0 radical (unpaired) electrons. The first-order valence-electron chi connectivity index (χ1n) is 9.44. The highest BCUT2D eigenvalue weighted by Gasteiger charge is 2.34. The maximum absolute atomic E-state index is 13.4. The Morgan fingerprint density at radius 1 is 1.00 bits per heavy atom. The molecule has 4 aromatic rings. The van der Waals surface area contributed by atoms with Crippen LogP contribution in [-0.2, 0) is 4.79 Å². The molecule has 1 aliphatic rings. The Morgan fingerprint density at radius 2 is 1.76 bits per heavy atom. The number of rotatable bonds is 3. The molecule has 0 aliphatic carbocycles. The Balaban J connectivity index is 1.67. The monoisotopic (exact) mass is 381 g/mol. The number of pyridine rings is 1. The molecule has 2 N–H and O–H groups in total. The Bertz CT molecular complexity index is 1230. The van der Waals surface area contributed by atoms with E-state index in [1.54, 1.807) is 6.20 Å². The molecule has 2 aromatic heterocycles. The van der Waals surface area contributed by atoms with Crippen molar-refractivity contribution in [1.29, 1.82) is 0 Å². The third-order valence-electron chi connectivity index (χ3n) is 5.07. The molecule has 0 fully saturated rings. The Kier molecular flexibility index (Phi) is 4.09. The number of hydrogen-bond donors (Lipinski definition) is 2. The summed E-state index contributed by atoms with van der Waals surface area (Å²) in [4.78, 5) is 22.6. The molecule has 2 aromatic carbocycles. The number of para-hydroxylation sites is 3. The fourth-order valence-electron chi connectivity index (χ4n) is 3.80. The van der Waals surface area contributed by atoms with Gasteiger partial charge in [0.25, 0.3) is 5.91 Å². The highest BCUT2D eigenvalue weighted by molar-refractivity contribution is 6.06. The Morgan fingerprint density at radius 3 is 2.55 bits per heavy atom. The topological polar surface area (TPSA) is 71.8 Å². The minimum absolute atomic E-state index is 0.166. The number of nitrogens with zero attached hydrogens (tertiary/aromatic N) is 3. The molecule has 1 amide bonds. The van der Waals surface area contributed by atoms with E-state index in [0.717, 1.165) is 28.1 Å². The van der Waals surface area contributed by atoms with E-state index in [0.29, 0.717) is 11.5 Å². The number of aromatic nitrogens is 3. The predicted molar refractivity (Wildman–Crippen MR) is 114 cm³/mol. The number of carbonyl (C=O) groups excluding carboxylic acids is 1. The fourth-order valence-corrected chi connectivity index (χ4v) is 3.80. The number of allylic oxidation sites excluding steroid dienone is 1. The van der Waals surface area contributed by atoms with Gasteiger partial charge >= 0.3 is 0 Å². The van der Waals surface area contributed by atoms with E-state index < -0.39 is 0 Å². The summed E-state index contributed by atoms with van der Waals surface area (Å²) in [7, 11) is 0. The zero-order chi connectivity index (χ0) is 19.8. The summed E-state index contributed by atoms with van der Waals surface area (Å²) in [6.45, 7) is 1.90. The van der Waals surface area contributed by atoms with Crippen molar-refractivity contribution in [1.82, 2.24) is 14.5 Å². The quantitative estimate of drug-likeness (QED) is 0.553. The molecular formula is C23H19N5O. The fraction of sp³-hybridized carbons (Fsp3) is 0.0870. The van der Waals surface area contributed by atoms with Gasteiger partial charge in [0.2, 0.25) is 5.95 Å². The number of nitrogens with one attached hydrogen (secondary N) is 2. The second kappa shape index (κ2) is 6.91. The smallest absolute Gasteiger partial charge is 0.255 e. The third kappa shape index (κ3) is 2.95. The van der Waals surface area contributed by atoms with Gasteiger partial charge in [0.1, 0.15) is 6.04 Å². The molecule has 1 atom stereocenters. The normalized spacial score (nSPS) is 15.7. The van der Waals surface area contributed by atoms with Gasteiger partial charge in [-0.1, -0.05) is 36.4 Å². The molecule has 0 bridgehead atoms. The van der Waals surface area contributed by atoms with Gasteiger partial charge in [0.15, 0.2) is 0 Å². The largest absolute Gasteiger partial charge is 0.329 e. The lowest BCUT2D eigenvalue weighted by atomic mass is 9.97. The van der Waals surface area contributed by atoms with Crippen molar-refractivity contribution in [3.8, 4) is 0 Å². The molecule has 6 nitrogen and oxygen atoms in total. The molecule has 0 saturated carbocycles. The SMILES string of the molecule is CC1=C(C(=O)Nc2ccccc2)[C@@H](c2ccccn2)n2c(nc3ccccc32)N1. The van der Waals surface area contributed by atoms with Crippen LogP contribution in [0.5, 0.6) is 0 Å². The minimum Gasteiger partial charge on any atom is -0.329 e. The standard InChI is InChI=1S/C23H19N5O/c1-15-20(22(29)26-16-9-3-2-4-10-16)21(18-12-7-8-14-24-18)28-19-13-6-5-11-17(19)27-23(28)25-15/h2-14,21H,1H3,(H,25,27)(H,26,29)/t21-/m1/s1. The van der Waals surface area contributed by atoms with Crippen LogP contribution >= 0.6 is 0 Å². The van der Waals surface area contributed by atoms with Crippen LogP contribution in [0.3, 0.4) is 0 Å². The molecular weight excluding hydrogens is 362 g/mol. The molecule has 0 unspecified atom stereocenters. The van der Waals surface area contributed by atoms with Crippen molar-refractivity contribution in [3.63, 3.8) is 0 Å². The van der Waals surface area contributed by atoms with Crippen LogP contribution in [0.15, 0.2) is 90.3 Å². The summed E-state index contributed by atoms with van der Waals surface area (Å²) >= 11 is 0. The Hall–Kier alpha value is -3.93. The van der Waals surface area contributed by atoms with E-state index in [1.165, 1.54) is 0 Å². The van der Waals surface area contributed by atoms with Crippen LogP contribution in [0.4, 0.5) is 11.6 Å². The number of anilines is 2. The zero-order valence-corrected chi connectivity index (χ0v) is 15.8. The average molecular weight is 381 g/mol. The van der Waals surface area contributed by atoms with E-state index in [1.807, 2.05) is 84.3 Å². The molecule has 1 aliphatic heterocycles. The van der Waals surface area contributed by atoms with Gasteiger partial charge in [-0.2, -0.15) is 0 Å². The minimum atomic E-state index is -0.386. The van der Waals surface area contributed by atoms with Crippen molar-refractivity contribution < 1.29 is 4.79 Å². The first-order chi connectivity index (χ1) is 14.2. The number of fused-ring (bicyclic) bond motifs is 3. The molecule has 0 spiro atoms.